The van der Waals surface area contributed by atoms with Gasteiger partial charge in [-0.05, 0) is 11.6 Å². The molecule has 0 spiro atoms. The van der Waals surface area contributed by atoms with Gasteiger partial charge in [0.25, 0.3) is 0 Å². The van der Waals surface area contributed by atoms with Crippen molar-refractivity contribution in [1.82, 2.24) is 0 Å². The standard InChI is InChI=1S/C5H2ClF7O/c6-4(9,10)3(5(11,12)13)2(7,8)1-14-3/h1H2. The monoisotopic (exact) mass is 246 g/mol. The van der Waals surface area contributed by atoms with Crippen molar-refractivity contribution >= 4 is 11.6 Å². The molecule has 1 unspecified atom stereocenters. The summed E-state index contributed by atoms with van der Waals surface area (Å²) in [6.45, 7) is -1.73. The number of hydrogen-bond acceptors (Lipinski definition) is 1. The zero-order valence-corrected chi connectivity index (χ0v) is 6.89. The molecule has 84 valence electrons. The second-order valence-corrected chi connectivity index (χ2v) is 3.14. The van der Waals surface area contributed by atoms with Crippen molar-refractivity contribution in [3.05, 3.63) is 0 Å². The molecule has 9 heteroatoms. The normalized spacial score (nSPS) is 32.6. The number of halogens is 8. The second-order valence-electron chi connectivity index (χ2n) is 2.67. The molecular weight excluding hydrogens is 244 g/mol. The van der Waals surface area contributed by atoms with Crippen molar-refractivity contribution in [2.45, 2.75) is 23.1 Å². The van der Waals surface area contributed by atoms with Crippen molar-refractivity contribution in [2.75, 3.05) is 6.61 Å². The minimum atomic E-state index is -5.94. The fourth-order valence-electron chi connectivity index (χ4n) is 1.06. The van der Waals surface area contributed by atoms with Gasteiger partial charge in [0.15, 0.2) is 0 Å². The molecule has 0 bridgehead atoms. The Balaban J connectivity index is 3.20. The lowest BCUT2D eigenvalue weighted by Crippen LogP contribution is -2.77. The first-order chi connectivity index (χ1) is 5.96. The molecule has 0 N–H and O–H groups in total. The third-order valence-electron chi connectivity index (χ3n) is 1.78. The number of ether oxygens (including phenoxy) is 1. The molecule has 1 saturated heterocycles. The van der Waals surface area contributed by atoms with E-state index in [-0.39, 0.29) is 0 Å². The van der Waals surface area contributed by atoms with Gasteiger partial charge in [-0.15, -0.1) is 0 Å². The predicted molar refractivity (Wildman–Crippen MR) is 30.5 cm³/mol. The van der Waals surface area contributed by atoms with Crippen molar-refractivity contribution < 1.29 is 35.5 Å². The van der Waals surface area contributed by atoms with E-state index in [9.17, 15) is 30.7 Å². The Hall–Kier alpha value is -0.240. The van der Waals surface area contributed by atoms with Crippen LogP contribution >= 0.6 is 11.6 Å². The lowest BCUT2D eigenvalue weighted by atomic mass is 9.89. The van der Waals surface area contributed by atoms with Crippen molar-refractivity contribution in [1.29, 1.82) is 0 Å². The van der Waals surface area contributed by atoms with Gasteiger partial charge in [0, 0.05) is 0 Å². The molecule has 0 aliphatic carbocycles. The molecule has 1 nitrogen and oxygen atoms in total. The molecule has 0 aromatic carbocycles. The van der Waals surface area contributed by atoms with Gasteiger partial charge in [-0.1, -0.05) is 0 Å². The van der Waals surface area contributed by atoms with Crippen LogP contribution in [0.2, 0.25) is 0 Å². The fraction of sp³-hybridized carbons (Fsp3) is 1.00. The Morgan fingerprint density at radius 1 is 1.07 bits per heavy atom. The van der Waals surface area contributed by atoms with Crippen LogP contribution in [0.4, 0.5) is 30.7 Å². The summed E-state index contributed by atoms with van der Waals surface area (Å²) in [5.41, 5.74) is -4.91. The smallest absolute Gasteiger partial charge is 0.348 e. The topological polar surface area (TPSA) is 9.23 Å². The van der Waals surface area contributed by atoms with Crippen LogP contribution in [0.25, 0.3) is 0 Å². The van der Waals surface area contributed by atoms with Crippen molar-refractivity contribution in [3.8, 4) is 0 Å². The third-order valence-corrected chi connectivity index (χ3v) is 2.05. The molecule has 0 aromatic rings. The van der Waals surface area contributed by atoms with E-state index in [2.05, 4.69) is 16.3 Å². The van der Waals surface area contributed by atoms with E-state index < -0.39 is 29.7 Å². The molecule has 0 radical (unpaired) electrons. The second kappa shape index (κ2) is 2.66. The number of hydrogen-bond donors (Lipinski definition) is 0. The Kier molecular flexibility index (Phi) is 2.25. The quantitative estimate of drug-likeness (QED) is 0.511. The zero-order valence-electron chi connectivity index (χ0n) is 6.14. The maximum atomic E-state index is 12.4. The fourth-order valence-corrected chi connectivity index (χ4v) is 1.36. The third kappa shape index (κ3) is 1.19. The first-order valence-corrected chi connectivity index (χ1v) is 3.49. The first kappa shape index (κ1) is 11.8. The molecule has 1 fully saturated rings. The average molecular weight is 247 g/mol. The van der Waals surface area contributed by atoms with Gasteiger partial charge in [-0.25, -0.2) is 8.78 Å². The van der Waals surface area contributed by atoms with Crippen LogP contribution in [0, 0.1) is 0 Å². The summed E-state index contributed by atoms with van der Waals surface area (Å²) in [7, 11) is 0. The van der Waals surface area contributed by atoms with Crippen LogP contribution in [0.15, 0.2) is 0 Å². The summed E-state index contributed by atoms with van der Waals surface area (Å²) in [6, 6.07) is 0. The predicted octanol–water partition coefficient (Wildman–Crippen LogP) is 2.78. The van der Waals surface area contributed by atoms with Gasteiger partial charge in [0.1, 0.15) is 6.61 Å². The van der Waals surface area contributed by atoms with Crippen LogP contribution in [0.5, 0.6) is 0 Å². The number of rotatable bonds is 1. The van der Waals surface area contributed by atoms with Gasteiger partial charge in [0.05, 0.1) is 0 Å². The van der Waals surface area contributed by atoms with Gasteiger partial charge in [-0.3, -0.25) is 0 Å². The number of alkyl halides is 8. The van der Waals surface area contributed by atoms with E-state index in [1.54, 1.807) is 0 Å². The summed E-state index contributed by atoms with van der Waals surface area (Å²) in [5.74, 6) is -4.73. The highest BCUT2D eigenvalue weighted by Crippen LogP contribution is 2.60. The van der Waals surface area contributed by atoms with Gasteiger partial charge in [0.2, 0.25) is 0 Å². The molecule has 1 aliphatic heterocycles. The van der Waals surface area contributed by atoms with Gasteiger partial charge >= 0.3 is 23.1 Å². The molecule has 1 heterocycles. The summed E-state index contributed by atoms with van der Waals surface area (Å²) in [5, 5.41) is -5.22. The highest BCUT2D eigenvalue weighted by atomic mass is 35.5. The molecule has 0 saturated carbocycles. The highest BCUT2D eigenvalue weighted by molar-refractivity contribution is 6.22. The minimum Gasteiger partial charge on any atom is -0.348 e. The molecule has 1 rings (SSSR count). The average Bonchev–Trinajstić information content (AvgIpc) is 1.78. The highest BCUT2D eigenvalue weighted by Gasteiger charge is 2.87. The lowest BCUT2D eigenvalue weighted by Gasteiger charge is -2.50. The van der Waals surface area contributed by atoms with E-state index in [4.69, 9.17) is 0 Å². The van der Waals surface area contributed by atoms with E-state index in [1.807, 2.05) is 0 Å². The Morgan fingerprint density at radius 2 is 1.50 bits per heavy atom. The molecule has 14 heavy (non-hydrogen) atoms. The van der Waals surface area contributed by atoms with Crippen LogP contribution < -0.4 is 0 Å². The molecule has 1 aliphatic rings. The van der Waals surface area contributed by atoms with Crippen LogP contribution in [-0.4, -0.2) is 29.7 Å². The molecule has 0 aromatic heterocycles. The van der Waals surface area contributed by atoms with E-state index in [1.165, 1.54) is 0 Å². The summed E-state index contributed by atoms with van der Waals surface area (Å²) < 4.78 is 88.6. The van der Waals surface area contributed by atoms with Gasteiger partial charge in [-0.2, -0.15) is 22.0 Å². The van der Waals surface area contributed by atoms with Crippen LogP contribution in [0.1, 0.15) is 0 Å². The molecular formula is C5H2ClF7O. The maximum absolute atomic E-state index is 12.4. The maximum Gasteiger partial charge on any atom is 0.431 e. The van der Waals surface area contributed by atoms with Crippen molar-refractivity contribution in [2.24, 2.45) is 0 Å². The largest absolute Gasteiger partial charge is 0.431 e. The SMILES string of the molecule is FC(F)(F)C1(C(F)(F)Cl)OCC1(F)F. The Labute approximate surface area is 77.8 Å². The zero-order chi connectivity index (χ0) is 11.4. The summed E-state index contributed by atoms with van der Waals surface area (Å²) in [6.07, 6.45) is -5.94. The van der Waals surface area contributed by atoms with E-state index in [0.29, 0.717) is 0 Å². The lowest BCUT2D eigenvalue weighted by molar-refractivity contribution is -0.458. The van der Waals surface area contributed by atoms with Crippen molar-refractivity contribution in [3.63, 3.8) is 0 Å². The van der Waals surface area contributed by atoms with Crippen LogP contribution in [-0.2, 0) is 4.74 Å². The molecule has 1 atom stereocenters. The Bertz CT molecular complexity index is 211. The molecule has 0 amide bonds. The van der Waals surface area contributed by atoms with Gasteiger partial charge < -0.3 is 4.74 Å². The van der Waals surface area contributed by atoms with E-state index in [0.717, 1.165) is 0 Å². The van der Waals surface area contributed by atoms with E-state index >= 15 is 0 Å². The van der Waals surface area contributed by atoms with Crippen LogP contribution in [0.3, 0.4) is 0 Å². The minimum absolute atomic E-state index is 1.73. The Morgan fingerprint density at radius 3 is 1.50 bits per heavy atom. The first-order valence-electron chi connectivity index (χ1n) is 3.11. The summed E-state index contributed by atoms with van der Waals surface area (Å²) in [4.78, 5) is 0. The summed E-state index contributed by atoms with van der Waals surface area (Å²) >= 11 is 4.00.